The number of nitrogens with zero attached hydrogens (tertiary/aromatic N) is 4. The summed E-state index contributed by atoms with van der Waals surface area (Å²) in [6, 6.07) is 34.8. The lowest BCUT2D eigenvalue weighted by atomic mass is 10.2. The Hall–Kier alpha value is -9.74. The Kier molecular flexibility index (Phi) is 35.4. The number of hydrogen-bond acceptors (Lipinski definition) is 27. The van der Waals surface area contributed by atoms with Gasteiger partial charge in [0.2, 0.25) is 23.1 Å². The van der Waals surface area contributed by atoms with Crippen LogP contribution in [0.15, 0.2) is 148 Å². The van der Waals surface area contributed by atoms with Crippen LogP contribution in [-0.2, 0) is 25.4 Å². The molecule has 4 heterocycles. The number of ether oxygens (including phenoxy) is 10. The number of esters is 4. The SMILES string of the molecule is CCCCCCCOc1ccc(OCC(=O)c2nc(C(=O)OC)cs2)cc1.CCCCCCSc1ccc(OC(C)C(=O)c2nc(C(=O)OC)cs2)cc1.CCc1ccc(OCC(=O)c2nc(C(=O)OC)cs2)cc1.COC(=O)c1csc(C(=O)COc2ccc(Oc3ccc(F)cc3)cc2)n1. The zero-order valence-corrected chi connectivity index (χ0v) is 61.7. The van der Waals surface area contributed by atoms with Crippen LogP contribution in [0.25, 0.3) is 0 Å². The van der Waals surface area contributed by atoms with Crippen molar-refractivity contribution < 1.29 is 90.1 Å². The second kappa shape index (κ2) is 44.5. The smallest absolute Gasteiger partial charge is 0.357 e. The molecular formula is C74H79FN4O18S5. The molecule has 540 valence electrons. The van der Waals surface area contributed by atoms with E-state index in [-0.39, 0.29) is 91.6 Å². The number of benzene rings is 5. The molecule has 0 saturated heterocycles. The van der Waals surface area contributed by atoms with Crippen LogP contribution < -0.4 is 28.4 Å². The van der Waals surface area contributed by atoms with Crippen molar-refractivity contribution in [1.82, 2.24) is 19.9 Å². The summed E-state index contributed by atoms with van der Waals surface area (Å²) < 4.78 is 64.5. The molecule has 0 saturated carbocycles. The topological polar surface area (TPSA) is 280 Å². The number of unbranched alkanes of at least 4 members (excludes halogenated alkanes) is 7. The van der Waals surface area contributed by atoms with Gasteiger partial charge in [-0.05, 0) is 147 Å². The van der Waals surface area contributed by atoms with Gasteiger partial charge in [0.05, 0.1) is 35.0 Å². The lowest BCUT2D eigenvalue weighted by Crippen LogP contribution is -2.24. The molecule has 28 heteroatoms. The normalized spacial score (nSPS) is 10.7. The fourth-order valence-electron chi connectivity index (χ4n) is 8.37. The second-order valence-corrected chi connectivity index (χ2v) is 26.1. The number of carbonyl (C=O) groups is 8. The van der Waals surface area contributed by atoms with Gasteiger partial charge in [0.15, 0.2) is 68.7 Å². The first-order chi connectivity index (χ1) is 49.4. The fourth-order valence-corrected chi connectivity index (χ4v) is 12.2. The summed E-state index contributed by atoms with van der Waals surface area (Å²) in [5.41, 5.74) is 1.70. The summed E-state index contributed by atoms with van der Waals surface area (Å²) in [4.78, 5) is 111. The lowest BCUT2D eigenvalue weighted by Gasteiger charge is -2.12. The third-order valence-electron chi connectivity index (χ3n) is 13.9. The van der Waals surface area contributed by atoms with Crippen LogP contribution in [0.1, 0.15) is 172 Å². The molecule has 0 aliphatic carbocycles. The van der Waals surface area contributed by atoms with E-state index in [9.17, 15) is 42.7 Å². The average molecular weight is 1490 g/mol. The van der Waals surface area contributed by atoms with Crippen molar-refractivity contribution in [3.05, 3.63) is 197 Å². The number of halogens is 1. The van der Waals surface area contributed by atoms with E-state index in [0.717, 1.165) is 69.7 Å². The second-order valence-electron chi connectivity index (χ2n) is 21.5. The number of methoxy groups -OCH3 is 4. The predicted molar refractivity (Wildman–Crippen MR) is 388 cm³/mol. The van der Waals surface area contributed by atoms with Crippen molar-refractivity contribution in [2.75, 3.05) is 60.6 Å². The molecule has 102 heavy (non-hydrogen) atoms. The summed E-state index contributed by atoms with van der Waals surface area (Å²) >= 11 is 6.19. The molecule has 9 aromatic rings. The van der Waals surface area contributed by atoms with Gasteiger partial charge in [-0.25, -0.2) is 43.5 Å². The van der Waals surface area contributed by atoms with E-state index in [0.29, 0.717) is 41.1 Å². The minimum atomic E-state index is -0.686. The maximum absolute atomic E-state index is 12.9. The molecule has 0 radical (unpaired) electrons. The number of aromatic nitrogens is 4. The summed E-state index contributed by atoms with van der Waals surface area (Å²) in [6.07, 6.45) is 11.3. The van der Waals surface area contributed by atoms with Crippen LogP contribution in [0.4, 0.5) is 4.39 Å². The molecule has 0 aliphatic rings. The van der Waals surface area contributed by atoms with Crippen molar-refractivity contribution in [2.45, 2.75) is 103 Å². The first kappa shape index (κ1) is 81.2. The molecule has 0 aliphatic heterocycles. The summed E-state index contributed by atoms with van der Waals surface area (Å²) in [5, 5.41) is 6.83. The summed E-state index contributed by atoms with van der Waals surface area (Å²) in [5.74, 6) is 1.49. The molecule has 0 N–H and O–H groups in total. The Morgan fingerprint density at radius 3 is 1.16 bits per heavy atom. The third kappa shape index (κ3) is 28.0. The minimum Gasteiger partial charge on any atom is -0.494 e. The molecule has 1 atom stereocenters. The molecule has 5 aromatic carbocycles. The zero-order chi connectivity index (χ0) is 73.6. The molecule has 0 spiro atoms. The molecule has 1 unspecified atom stereocenters. The van der Waals surface area contributed by atoms with Gasteiger partial charge in [0, 0.05) is 26.4 Å². The fraction of sp³-hybridized carbons (Fsp3) is 0.324. The first-order valence-electron chi connectivity index (χ1n) is 32.3. The van der Waals surface area contributed by atoms with Crippen LogP contribution in [0.5, 0.6) is 40.2 Å². The molecule has 0 bridgehead atoms. The lowest BCUT2D eigenvalue weighted by molar-refractivity contribution is 0.0585. The molecule has 0 fully saturated rings. The third-order valence-corrected chi connectivity index (χ3v) is 18.6. The highest BCUT2D eigenvalue weighted by Gasteiger charge is 2.24. The van der Waals surface area contributed by atoms with Gasteiger partial charge >= 0.3 is 23.9 Å². The van der Waals surface area contributed by atoms with Crippen molar-refractivity contribution >= 4 is 104 Å². The van der Waals surface area contributed by atoms with Crippen molar-refractivity contribution in [3.8, 4) is 40.2 Å². The van der Waals surface area contributed by atoms with Crippen LogP contribution in [0, 0.1) is 5.82 Å². The standard InChI is InChI=1S/C20H25NO5S.C20H25NO4S2.C19H14FNO5S.C15H15NO4S/c1-3-4-5-6-7-12-25-15-8-10-16(11-9-15)26-13-18(22)19-21-17(14-27-19)20(23)24-2;1-4-5-6-7-12-26-16-10-8-15(9-11-16)25-14(2)18(22)19-21-17(13-27-19)20(23)24-3;1-24-19(23)16-11-27-18(21-16)17(22)10-25-13-6-8-15(9-7-13)26-14-4-2-12(20)3-5-14;1-3-10-4-6-11(7-5-10)20-8-13(17)14-16-12(9-21-14)15(18)19-2/h8-11,14H,3-7,12-13H2,1-2H3;8-11,13-14H,4-7,12H2,1-3H3;2-9,11H,10H2,1H3;4-7,9H,3,8H2,1-2H3. The van der Waals surface area contributed by atoms with E-state index >= 15 is 0 Å². The van der Waals surface area contributed by atoms with E-state index in [1.807, 2.05) is 72.4 Å². The Morgan fingerprint density at radius 1 is 0.412 bits per heavy atom. The number of hydrogen-bond donors (Lipinski definition) is 0. The van der Waals surface area contributed by atoms with E-state index < -0.39 is 30.0 Å². The first-order valence-corrected chi connectivity index (χ1v) is 36.8. The van der Waals surface area contributed by atoms with Crippen LogP contribution in [0.2, 0.25) is 0 Å². The van der Waals surface area contributed by atoms with E-state index in [1.165, 1.54) is 136 Å². The Balaban J connectivity index is 0.000000215. The number of thioether (sulfide) groups is 1. The van der Waals surface area contributed by atoms with Crippen LogP contribution in [0.3, 0.4) is 0 Å². The van der Waals surface area contributed by atoms with Gasteiger partial charge < -0.3 is 47.4 Å². The van der Waals surface area contributed by atoms with Gasteiger partial charge in [0.1, 0.15) is 46.1 Å². The number of aryl methyl sites for hydroxylation is 1. The van der Waals surface area contributed by atoms with Crippen LogP contribution >= 0.6 is 57.1 Å². The van der Waals surface area contributed by atoms with E-state index in [2.05, 4.69) is 59.7 Å². The van der Waals surface area contributed by atoms with E-state index in [4.69, 9.17) is 28.4 Å². The van der Waals surface area contributed by atoms with Gasteiger partial charge in [-0.1, -0.05) is 77.8 Å². The van der Waals surface area contributed by atoms with Gasteiger partial charge in [-0.3, -0.25) is 19.2 Å². The van der Waals surface area contributed by atoms with Gasteiger partial charge in [0.25, 0.3) is 0 Å². The van der Waals surface area contributed by atoms with Crippen molar-refractivity contribution in [2.24, 2.45) is 0 Å². The highest BCUT2D eigenvalue weighted by molar-refractivity contribution is 7.99. The zero-order valence-electron chi connectivity index (χ0n) is 57.6. The molecule has 9 rings (SSSR count). The maximum atomic E-state index is 12.9. The van der Waals surface area contributed by atoms with Gasteiger partial charge in [-0.2, -0.15) is 0 Å². The molecule has 4 aromatic heterocycles. The number of carbonyl (C=O) groups excluding carboxylic acids is 8. The van der Waals surface area contributed by atoms with Gasteiger partial charge in [-0.15, -0.1) is 57.1 Å². The minimum absolute atomic E-state index is 0.0909. The number of ketones is 4. The summed E-state index contributed by atoms with van der Waals surface area (Å²) in [6.45, 7) is 8.39. The number of Topliss-reactive ketones (excluding diaryl/α,β-unsaturated/α-hetero) is 4. The molecule has 22 nitrogen and oxygen atoms in total. The largest absolute Gasteiger partial charge is 0.494 e. The van der Waals surface area contributed by atoms with Crippen molar-refractivity contribution in [3.63, 3.8) is 0 Å². The molecule has 0 amide bonds. The predicted octanol–water partition coefficient (Wildman–Crippen LogP) is 16.7. The highest BCUT2D eigenvalue weighted by Crippen LogP contribution is 2.27. The molecular weight excluding hydrogens is 1410 g/mol. The summed E-state index contributed by atoms with van der Waals surface area (Å²) in [7, 11) is 5.07. The Bertz CT molecular complexity index is 4090. The number of rotatable bonds is 36. The number of thiazole rings is 4. The maximum Gasteiger partial charge on any atom is 0.357 e. The monoisotopic (exact) mass is 1490 g/mol. The average Bonchev–Trinajstić information content (AvgIpc) is 1.71. The van der Waals surface area contributed by atoms with E-state index in [1.54, 1.807) is 43.3 Å². The Morgan fingerprint density at radius 2 is 0.755 bits per heavy atom. The highest BCUT2D eigenvalue weighted by atomic mass is 32.2. The quantitative estimate of drug-likeness (QED) is 0.0116. The van der Waals surface area contributed by atoms with Crippen molar-refractivity contribution in [1.29, 1.82) is 0 Å². The Labute approximate surface area is 611 Å². The van der Waals surface area contributed by atoms with Crippen LogP contribution in [-0.4, -0.2) is 134 Å².